The molecule has 0 amide bonds. The fourth-order valence-corrected chi connectivity index (χ4v) is 1.22. The van der Waals surface area contributed by atoms with Gasteiger partial charge in [0.2, 0.25) is 0 Å². The summed E-state index contributed by atoms with van der Waals surface area (Å²) in [5.41, 5.74) is 2.76. The molecule has 0 saturated heterocycles. The van der Waals surface area contributed by atoms with Crippen LogP contribution < -0.4 is 0 Å². The average molecular weight is 190 g/mol. The highest BCUT2D eigenvalue weighted by Crippen LogP contribution is 2.20. The van der Waals surface area contributed by atoms with Crippen LogP contribution in [-0.4, -0.2) is 11.1 Å². The minimum atomic E-state index is -0.802. The summed E-state index contributed by atoms with van der Waals surface area (Å²) in [6, 6.07) is 7.49. The predicted molar refractivity (Wildman–Crippen MR) is 57.2 cm³/mol. The van der Waals surface area contributed by atoms with Gasteiger partial charge in [0.05, 0.1) is 5.92 Å². The number of hydrogen-bond acceptors (Lipinski definition) is 1. The summed E-state index contributed by atoms with van der Waals surface area (Å²) in [6.45, 7) is 7.41. The largest absolute Gasteiger partial charge is 0.481 e. The van der Waals surface area contributed by atoms with Crippen molar-refractivity contribution in [2.75, 3.05) is 0 Å². The minimum Gasteiger partial charge on any atom is -0.481 e. The molecule has 0 aliphatic rings. The fraction of sp³-hybridized carbons (Fsp3) is 0.250. The summed E-state index contributed by atoms with van der Waals surface area (Å²) < 4.78 is 0. The van der Waals surface area contributed by atoms with E-state index in [1.807, 2.05) is 31.2 Å². The Morgan fingerprint density at radius 2 is 2.14 bits per heavy atom. The van der Waals surface area contributed by atoms with Gasteiger partial charge in [-0.1, -0.05) is 36.4 Å². The Bertz CT molecular complexity index is 366. The minimum absolute atomic E-state index is 0.464. The molecule has 2 nitrogen and oxygen atoms in total. The third-order valence-electron chi connectivity index (χ3n) is 2.25. The maximum absolute atomic E-state index is 10.8. The molecular weight excluding hydrogens is 176 g/mol. The molecule has 0 fully saturated rings. The lowest BCUT2D eigenvalue weighted by Crippen LogP contribution is -2.07. The number of carboxylic acid groups (broad SMARTS) is 1. The number of allylic oxidation sites excluding steroid dienone is 1. The Labute approximate surface area is 83.9 Å². The van der Waals surface area contributed by atoms with Gasteiger partial charge in [-0.15, -0.1) is 0 Å². The molecule has 74 valence electrons. The molecule has 0 bridgehead atoms. The molecular formula is C12H14O2. The van der Waals surface area contributed by atoms with Crippen LogP contribution in [0.2, 0.25) is 0 Å². The first-order valence-electron chi connectivity index (χ1n) is 4.51. The molecule has 0 unspecified atom stereocenters. The van der Waals surface area contributed by atoms with Crippen LogP contribution in [0.4, 0.5) is 0 Å². The zero-order chi connectivity index (χ0) is 10.7. The van der Waals surface area contributed by atoms with Crippen LogP contribution >= 0.6 is 0 Å². The number of benzene rings is 1. The summed E-state index contributed by atoms with van der Waals surface area (Å²) >= 11 is 0. The van der Waals surface area contributed by atoms with Gasteiger partial charge in [0.25, 0.3) is 0 Å². The van der Waals surface area contributed by atoms with E-state index in [2.05, 4.69) is 6.58 Å². The highest BCUT2D eigenvalue weighted by Gasteiger charge is 2.13. The van der Waals surface area contributed by atoms with E-state index in [0.717, 1.165) is 16.7 Å². The maximum Gasteiger partial charge on any atom is 0.310 e. The van der Waals surface area contributed by atoms with Gasteiger partial charge in [-0.3, -0.25) is 4.79 Å². The Morgan fingerprint density at radius 1 is 1.50 bits per heavy atom. The first-order chi connectivity index (χ1) is 6.52. The van der Waals surface area contributed by atoms with E-state index in [9.17, 15) is 4.79 Å². The van der Waals surface area contributed by atoms with Crippen molar-refractivity contribution >= 4 is 11.5 Å². The van der Waals surface area contributed by atoms with Crippen LogP contribution in [0.1, 0.15) is 30.9 Å². The highest BCUT2D eigenvalue weighted by atomic mass is 16.4. The van der Waals surface area contributed by atoms with E-state index in [4.69, 9.17) is 5.11 Å². The monoisotopic (exact) mass is 190 g/mol. The van der Waals surface area contributed by atoms with E-state index in [1.54, 1.807) is 6.92 Å². The standard InChI is InChI=1S/C12H14O2/c1-8(2)10-5-4-6-11(7-10)9(3)12(13)14/h4-7,9H,1H2,2-3H3,(H,13,14)/t9-/m0/s1. The van der Waals surface area contributed by atoms with Crippen molar-refractivity contribution in [2.24, 2.45) is 0 Å². The second-order valence-electron chi connectivity index (χ2n) is 3.47. The molecule has 0 spiro atoms. The lowest BCUT2D eigenvalue weighted by molar-refractivity contribution is -0.138. The molecule has 0 saturated carbocycles. The van der Waals surface area contributed by atoms with Gasteiger partial charge in [-0.05, 0) is 25.0 Å². The third-order valence-corrected chi connectivity index (χ3v) is 2.25. The highest BCUT2D eigenvalue weighted by molar-refractivity contribution is 5.76. The van der Waals surface area contributed by atoms with Crippen LogP contribution in [0.25, 0.3) is 5.57 Å². The van der Waals surface area contributed by atoms with Crippen LogP contribution in [0.5, 0.6) is 0 Å². The average Bonchev–Trinajstić information content (AvgIpc) is 2.16. The summed E-state index contributed by atoms with van der Waals surface area (Å²) in [7, 11) is 0. The van der Waals surface area contributed by atoms with Crippen LogP contribution in [0, 0.1) is 0 Å². The number of hydrogen-bond donors (Lipinski definition) is 1. The van der Waals surface area contributed by atoms with Crippen molar-refractivity contribution in [3.63, 3.8) is 0 Å². The van der Waals surface area contributed by atoms with Crippen LogP contribution in [0.15, 0.2) is 30.8 Å². The lowest BCUT2D eigenvalue weighted by atomic mass is 9.97. The van der Waals surface area contributed by atoms with Gasteiger partial charge in [-0.25, -0.2) is 0 Å². The quantitative estimate of drug-likeness (QED) is 0.795. The maximum atomic E-state index is 10.8. The smallest absolute Gasteiger partial charge is 0.310 e. The Kier molecular flexibility index (Phi) is 3.07. The van der Waals surface area contributed by atoms with Crippen molar-refractivity contribution in [3.05, 3.63) is 42.0 Å². The molecule has 0 aliphatic heterocycles. The first-order valence-corrected chi connectivity index (χ1v) is 4.51. The van der Waals surface area contributed by atoms with Crippen LogP contribution in [0.3, 0.4) is 0 Å². The molecule has 1 atom stereocenters. The summed E-state index contributed by atoms with van der Waals surface area (Å²) in [4.78, 5) is 10.8. The fourth-order valence-electron chi connectivity index (χ4n) is 1.22. The van der Waals surface area contributed by atoms with Crippen molar-refractivity contribution in [2.45, 2.75) is 19.8 Å². The van der Waals surface area contributed by atoms with E-state index in [1.165, 1.54) is 0 Å². The molecule has 2 heteroatoms. The number of carbonyl (C=O) groups is 1. The van der Waals surface area contributed by atoms with Crippen molar-refractivity contribution in [3.8, 4) is 0 Å². The first kappa shape index (κ1) is 10.5. The van der Waals surface area contributed by atoms with Gasteiger partial charge in [-0.2, -0.15) is 0 Å². The van der Waals surface area contributed by atoms with Crippen molar-refractivity contribution < 1.29 is 9.90 Å². The Morgan fingerprint density at radius 3 is 2.64 bits per heavy atom. The van der Waals surface area contributed by atoms with E-state index >= 15 is 0 Å². The molecule has 1 N–H and O–H groups in total. The predicted octanol–water partition coefficient (Wildman–Crippen LogP) is 2.91. The van der Waals surface area contributed by atoms with Gasteiger partial charge in [0, 0.05) is 0 Å². The third kappa shape index (κ3) is 2.22. The number of aliphatic carboxylic acids is 1. The molecule has 1 rings (SSSR count). The molecule has 0 heterocycles. The van der Waals surface area contributed by atoms with Gasteiger partial charge in [0.1, 0.15) is 0 Å². The lowest BCUT2D eigenvalue weighted by Gasteiger charge is -2.08. The van der Waals surface area contributed by atoms with Crippen LogP contribution in [-0.2, 0) is 4.79 Å². The van der Waals surface area contributed by atoms with E-state index in [-0.39, 0.29) is 0 Å². The Hall–Kier alpha value is -1.57. The van der Waals surface area contributed by atoms with Crippen molar-refractivity contribution in [1.82, 2.24) is 0 Å². The van der Waals surface area contributed by atoms with E-state index < -0.39 is 11.9 Å². The summed E-state index contributed by atoms with van der Waals surface area (Å²) in [6.07, 6.45) is 0. The second-order valence-corrected chi connectivity index (χ2v) is 3.47. The summed E-state index contributed by atoms with van der Waals surface area (Å²) in [5.74, 6) is -1.27. The van der Waals surface area contributed by atoms with Gasteiger partial charge < -0.3 is 5.11 Å². The molecule has 14 heavy (non-hydrogen) atoms. The molecule has 1 aromatic carbocycles. The Balaban J connectivity index is 3.05. The molecule has 0 radical (unpaired) electrons. The zero-order valence-electron chi connectivity index (χ0n) is 8.45. The number of rotatable bonds is 3. The molecule has 1 aromatic rings. The van der Waals surface area contributed by atoms with E-state index in [0.29, 0.717) is 0 Å². The normalized spacial score (nSPS) is 12.1. The number of carboxylic acids is 1. The second kappa shape index (κ2) is 4.09. The summed E-state index contributed by atoms with van der Waals surface area (Å²) in [5, 5.41) is 8.84. The topological polar surface area (TPSA) is 37.3 Å². The SMILES string of the molecule is C=C(C)c1cccc([C@H](C)C(=O)O)c1. The van der Waals surface area contributed by atoms with Crippen molar-refractivity contribution in [1.29, 1.82) is 0 Å². The van der Waals surface area contributed by atoms with Gasteiger partial charge >= 0.3 is 5.97 Å². The molecule has 0 aromatic heterocycles. The zero-order valence-corrected chi connectivity index (χ0v) is 8.45. The molecule has 0 aliphatic carbocycles. The van der Waals surface area contributed by atoms with Gasteiger partial charge in [0.15, 0.2) is 0 Å².